The van der Waals surface area contributed by atoms with Gasteiger partial charge in [-0.15, -0.1) is 11.3 Å². The van der Waals surface area contributed by atoms with E-state index in [-0.39, 0.29) is 9.75 Å². The third kappa shape index (κ3) is 2.62. The van der Waals surface area contributed by atoms with Crippen molar-refractivity contribution in [3.8, 4) is 0 Å². The van der Waals surface area contributed by atoms with E-state index in [9.17, 15) is 9.59 Å². The molecule has 7 heteroatoms. The van der Waals surface area contributed by atoms with Gasteiger partial charge in [-0.3, -0.25) is 9.59 Å². The summed E-state index contributed by atoms with van der Waals surface area (Å²) >= 11 is 0.925. The lowest BCUT2D eigenvalue weighted by Gasteiger charge is -1.81. The lowest BCUT2D eigenvalue weighted by molar-refractivity contribution is 0.00220. The topological polar surface area (TPSA) is 107 Å². The van der Waals surface area contributed by atoms with Gasteiger partial charge in [0, 0.05) is 0 Å². The summed E-state index contributed by atoms with van der Waals surface area (Å²) in [5, 5.41) is 0. The maximum atomic E-state index is 11.1. The van der Waals surface area contributed by atoms with E-state index < -0.39 is 11.6 Å². The molecule has 1 rings (SSSR count). The van der Waals surface area contributed by atoms with Crippen molar-refractivity contribution in [1.29, 1.82) is 0 Å². The summed E-state index contributed by atoms with van der Waals surface area (Å²) in [6.45, 7) is 0. The standard InChI is InChI=1S/C8H4N4O2S/c9-11-3-5(13)7-1-2-8(15-7)6(14)4-12-10/h1-4H. The number of hydrogen-bond donors (Lipinski definition) is 0. The zero-order chi connectivity index (χ0) is 11.3. The van der Waals surface area contributed by atoms with Gasteiger partial charge in [0.2, 0.25) is 0 Å². The van der Waals surface area contributed by atoms with Crippen molar-refractivity contribution in [2.24, 2.45) is 0 Å². The normalized spacial score (nSPS) is 8.53. The first kappa shape index (κ1) is 10.9. The molecule has 0 bridgehead atoms. The van der Waals surface area contributed by atoms with Crippen LogP contribution in [0.4, 0.5) is 0 Å². The van der Waals surface area contributed by atoms with E-state index in [0.717, 1.165) is 23.8 Å². The van der Waals surface area contributed by atoms with E-state index in [4.69, 9.17) is 11.1 Å². The number of nitrogens with zero attached hydrogens (tertiary/aromatic N) is 4. The van der Waals surface area contributed by atoms with Crippen molar-refractivity contribution in [2.45, 2.75) is 0 Å². The molecule has 0 N–H and O–H groups in total. The minimum absolute atomic E-state index is 0.266. The second kappa shape index (κ2) is 4.88. The molecule has 1 heterocycles. The van der Waals surface area contributed by atoms with Crippen LogP contribution in [-0.4, -0.2) is 33.6 Å². The molecular formula is C8H4N4O2S. The molecule has 1 aromatic heterocycles. The quantitative estimate of drug-likeness (QED) is 0.322. The van der Waals surface area contributed by atoms with Crippen LogP contribution in [0.25, 0.3) is 11.1 Å². The largest absolute Gasteiger partial charge is 0.361 e. The molecule has 0 spiro atoms. The van der Waals surface area contributed by atoms with Gasteiger partial charge in [-0.2, -0.15) is 9.58 Å². The number of rotatable bonds is 4. The van der Waals surface area contributed by atoms with Crippen molar-refractivity contribution < 1.29 is 19.2 Å². The maximum absolute atomic E-state index is 11.1. The summed E-state index contributed by atoms with van der Waals surface area (Å²) in [6, 6.07) is 2.85. The van der Waals surface area contributed by atoms with E-state index in [1.807, 2.05) is 0 Å². The van der Waals surface area contributed by atoms with Gasteiger partial charge < -0.3 is 11.1 Å². The molecule has 0 radical (unpaired) electrons. The molecule has 0 aromatic carbocycles. The minimum Gasteiger partial charge on any atom is -0.361 e. The molecule has 74 valence electrons. The fourth-order valence-corrected chi connectivity index (χ4v) is 1.65. The number of carbonyl (C=O) groups excluding carboxylic acids is 2. The van der Waals surface area contributed by atoms with Gasteiger partial charge in [0.15, 0.2) is 0 Å². The van der Waals surface area contributed by atoms with Crippen molar-refractivity contribution >= 4 is 35.3 Å². The molecule has 0 aliphatic carbocycles. The molecule has 0 aliphatic rings. The highest BCUT2D eigenvalue weighted by molar-refractivity contribution is 7.17. The molecule has 1 aromatic rings. The summed E-state index contributed by atoms with van der Waals surface area (Å²) in [5.41, 5.74) is 16.3. The Balaban J connectivity index is 2.99. The van der Waals surface area contributed by atoms with Crippen molar-refractivity contribution in [2.75, 3.05) is 0 Å². The Morgan fingerprint density at radius 2 is 1.47 bits per heavy atom. The van der Waals surface area contributed by atoms with Crippen LogP contribution in [0.1, 0.15) is 19.3 Å². The van der Waals surface area contributed by atoms with E-state index in [1.54, 1.807) is 0 Å². The molecule has 6 nitrogen and oxygen atoms in total. The Bertz CT molecular complexity index is 462. The number of ketones is 2. The fourth-order valence-electron chi connectivity index (χ4n) is 0.835. The highest BCUT2D eigenvalue weighted by atomic mass is 32.1. The lowest BCUT2D eigenvalue weighted by atomic mass is 10.3. The molecule has 0 unspecified atom stereocenters. The van der Waals surface area contributed by atoms with E-state index in [2.05, 4.69) is 9.58 Å². The average Bonchev–Trinajstić information content (AvgIpc) is 2.67. The zero-order valence-electron chi connectivity index (χ0n) is 7.32. The Morgan fingerprint density at radius 1 is 1.07 bits per heavy atom. The van der Waals surface area contributed by atoms with Crippen LogP contribution in [0, 0.1) is 0 Å². The van der Waals surface area contributed by atoms with Crippen LogP contribution in [0.15, 0.2) is 12.1 Å². The Kier molecular flexibility index (Phi) is 3.54. The van der Waals surface area contributed by atoms with Gasteiger partial charge in [-0.25, -0.2) is 0 Å². The van der Waals surface area contributed by atoms with Gasteiger partial charge in [0.1, 0.15) is 0 Å². The summed E-state index contributed by atoms with van der Waals surface area (Å²) in [6.07, 6.45) is 1.47. The van der Waals surface area contributed by atoms with E-state index >= 15 is 0 Å². The maximum Gasteiger partial charge on any atom is 0.328 e. The fraction of sp³-hybridized carbons (Fsp3) is 0. The van der Waals surface area contributed by atoms with E-state index in [1.165, 1.54) is 12.1 Å². The predicted molar refractivity (Wildman–Crippen MR) is 52.3 cm³/mol. The van der Waals surface area contributed by atoms with Crippen molar-refractivity contribution in [3.63, 3.8) is 0 Å². The molecule has 0 saturated carbocycles. The number of Topliss-reactive ketones (excluding diaryl/α,β-unsaturated/α-hetero) is 2. The zero-order valence-corrected chi connectivity index (χ0v) is 8.14. The number of hydrogen-bond acceptors (Lipinski definition) is 3. The van der Waals surface area contributed by atoms with Crippen molar-refractivity contribution in [1.82, 2.24) is 0 Å². The molecule has 0 saturated heterocycles. The third-order valence-electron chi connectivity index (χ3n) is 1.44. The Hall–Kier alpha value is -2.20. The van der Waals surface area contributed by atoms with Gasteiger partial charge in [-0.05, 0) is 12.1 Å². The van der Waals surface area contributed by atoms with Crippen LogP contribution in [-0.2, 0) is 0 Å². The highest BCUT2D eigenvalue weighted by Crippen LogP contribution is 2.16. The van der Waals surface area contributed by atoms with Gasteiger partial charge >= 0.3 is 12.4 Å². The first-order chi connectivity index (χ1) is 7.19. The molecule has 0 amide bonds. The molecular weight excluding hydrogens is 216 g/mol. The third-order valence-corrected chi connectivity index (χ3v) is 2.56. The predicted octanol–water partition coefficient (Wildman–Crippen LogP) is 0.715. The smallest absolute Gasteiger partial charge is 0.328 e. The molecule has 15 heavy (non-hydrogen) atoms. The second-order valence-electron chi connectivity index (χ2n) is 2.38. The Morgan fingerprint density at radius 3 is 1.80 bits per heavy atom. The van der Waals surface area contributed by atoms with E-state index in [0.29, 0.717) is 0 Å². The van der Waals surface area contributed by atoms with Gasteiger partial charge in [-0.1, -0.05) is 0 Å². The average molecular weight is 220 g/mol. The molecule has 0 fully saturated rings. The number of thiophene rings is 1. The van der Waals surface area contributed by atoms with Gasteiger partial charge in [0.25, 0.3) is 11.6 Å². The first-order valence-electron chi connectivity index (χ1n) is 3.72. The summed E-state index contributed by atoms with van der Waals surface area (Å²) in [7, 11) is 0. The Labute approximate surface area is 88.0 Å². The van der Waals surface area contributed by atoms with Crippen LogP contribution >= 0.6 is 11.3 Å². The van der Waals surface area contributed by atoms with Crippen LogP contribution in [0.2, 0.25) is 0 Å². The highest BCUT2D eigenvalue weighted by Gasteiger charge is 2.15. The minimum atomic E-state index is -0.498. The summed E-state index contributed by atoms with van der Waals surface area (Å²) in [5.74, 6) is -0.995. The molecule has 0 atom stereocenters. The molecule has 0 aliphatic heterocycles. The second-order valence-corrected chi connectivity index (χ2v) is 3.47. The summed E-state index contributed by atoms with van der Waals surface area (Å²) in [4.78, 5) is 28.0. The number of carbonyl (C=O) groups is 2. The lowest BCUT2D eigenvalue weighted by Crippen LogP contribution is -1.98. The summed E-state index contributed by atoms with van der Waals surface area (Å²) < 4.78 is 0. The van der Waals surface area contributed by atoms with Crippen molar-refractivity contribution in [3.05, 3.63) is 32.9 Å². The van der Waals surface area contributed by atoms with Crippen LogP contribution in [0.5, 0.6) is 0 Å². The first-order valence-corrected chi connectivity index (χ1v) is 4.54. The van der Waals surface area contributed by atoms with Crippen LogP contribution in [0.3, 0.4) is 0 Å². The monoisotopic (exact) mass is 220 g/mol. The van der Waals surface area contributed by atoms with Gasteiger partial charge in [0.05, 0.1) is 9.75 Å². The van der Waals surface area contributed by atoms with Crippen LogP contribution < -0.4 is 0 Å². The SMILES string of the molecule is [N-]=[N+]=CC(=O)c1ccc(C(=O)C=[N+]=[N-])s1.